The highest BCUT2D eigenvalue weighted by atomic mass is 16.5. The van der Waals surface area contributed by atoms with E-state index in [9.17, 15) is 4.79 Å². The molecule has 4 rings (SSSR count). The van der Waals surface area contributed by atoms with Crippen LogP contribution in [0.2, 0.25) is 0 Å². The van der Waals surface area contributed by atoms with Crippen LogP contribution in [0.3, 0.4) is 0 Å². The van der Waals surface area contributed by atoms with Crippen LogP contribution >= 0.6 is 0 Å². The molecule has 0 unspecified atom stereocenters. The maximum absolute atomic E-state index is 12.9. The normalized spacial score (nSPS) is 15.5. The Morgan fingerprint density at radius 1 is 1.09 bits per heavy atom. The number of hydrogen-bond acceptors (Lipinski definition) is 6. The standard InChI is InChI=1S/C28H35N3O4/c1-5-34-23-12-8-21(9-13-23)26-18-24(30-35-26)27(32)29-19-25(31-14-16-33-17-15-31)20-6-10-22(11-7-20)28(2,3)4/h6-13,18,25H,5,14-17,19H2,1-4H3,(H,29,32)/t25-/m1/s1. The monoisotopic (exact) mass is 477 g/mol. The zero-order valence-corrected chi connectivity index (χ0v) is 21.0. The molecule has 186 valence electrons. The van der Waals surface area contributed by atoms with Gasteiger partial charge in [-0.05, 0) is 47.7 Å². The van der Waals surface area contributed by atoms with Crippen molar-refractivity contribution in [3.63, 3.8) is 0 Å². The second kappa shape index (κ2) is 11.1. The van der Waals surface area contributed by atoms with Crippen molar-refractivity contribution in [2.24, 2.45) is 0 Å². The predicted molar refractivity (Wildman–Crippen MR) is 136 cm³/mol. The second-order valence-electron chi connectivity index (χ2n) is 9.78. The Balaban J connectivity index is 1.45. The fourth-order valence-electron chi connectivity index (χ4n) is 4.23. The molecule has 1 amide bonds. The average Bonchev–Trinajstić information content (AvgIpc) is 3.36. The van der Waals surface area contributed by atoms with Crippen molar-refractivity contribution in [3.05, 3.63) is 71.4 Å². The van der Waals surface area contributed by atoms with Gasteiger partial charge in [-0.2, -0.15) is 0 Å². The fourth-order valence-corrected chi connectivity index (χ4v) is 4.23. The van der Waals surface area contributed by atoms with E-state index in [1.165, 1.54) is 11.1 Å². The van der Waals surface area contributed by atoms with Crippen LogP contribution in [-0.2, 0) is 10.2 Å². The Hall–Kier alpha value is -3.16. The molecule has 2 heterocycles. The summed E-state index contributed by atoms with van der Waals surface area (Å²) in [5, 5.41) is 7.07. The predicted octanol–water partition coefficient (Wildman–Crippen LogP) is 4.84. The van der Waals surface area contributed by atoms with E-state index in [0.717, 1.165) is 24.4 Å². The average molecular weight is 478 g/mol. The molecule has 2 aromatic carbocycles. The smallest absolute Gasteiger partial charge is 0.273 e. The van der Waals surface area contributed by atoms with Gasteiger partial charge in [0.05, 0.1) is 25.9 Å². The maximum Gasteiger partial charge on any atom is 0.273 e. The highest BCUT2D eigenvalue weighted by Crippen LogP contribution is 2.27. The number of rotatable bonds is 8. The van der Waals surface area contributed by atoms with E-state index >= 15 is 0 Å². The number of benzene rings is 2. The molecule has 0 saturated carbocycles. The third-order valence-electron chi connectivity index (χ3n) is 6.30. The minimum atomic E-state index is -0.254. The van der Waals surface area contributed by atoms with E-state index in [1.807, 2.05) is 31.2 Å². The summed E-state index contributed by atoms with van der Waals surface area (Å²) in [5.74, 6) is 1.08. The summed E-state index contributed by atoms with van der Waals surface area (Å²) >= 11 is 0. The maximum atomic E-state index is 12.9. The van der Waals surface area contributed by atoms with Gasteiger partial charge < -0.3 is 19.3 Å². The topological polar surface area (TPSA) is 76.8 Å². The summed E-state index contributed by atoms with van der Waals surface area (Å²) in [4.78, 5) is 15.3. The SMILES string of the molecule is CCOc1ccc(-c2cc(C(=O)NC[C@H](c3ccc(C(C)(C)C)cc3)N3CCOCC3)no2)cc1. The Morgan fingerprint density at radius 2 is 1.77 bits per heavy atom. The van der Waals surface area contributed by atoms with Crippen LogP contribution in [0.1, 0.15) is 55.4 Å². The molecule has 1 aromatic heterocycles. The van der Waals surface area contributed by atoms with Crippen LogP contribution in [0.15, 0.2) is 59.1 Å². The molecule has 0 bridgehead atoms. The van der Waals surface area contributed by atoms with Gasteiger partial charge in [-0.15, -0.1) is 0 Å². The molecule has 0 spiro atoms. The van der Waals surface area contributed by atoms with Gasteiger partial charge in [0.1, 0.15) is 5.75 Å². The second-order valence-corrected chi connectivity index (χ2v) is 9.78. The third-order valence-corrected chi connectivity index (χ3v) is 6.30. The highest BCUT2D eigenvalue weighted by molar-refractivity contribution is 5.93. The lowest BCUT2D eigenvalue weighted by Crippen LogP contribution is -2.43. The molecular formula is C28H35N3O4. The molecule has 0 radical (unpaired) electrons. The first-order valence-corrected chi connectivity index (χ1v) is 12.3. The fraction of sp³-hybridized carbons (Fsp3) is 0.429. The lowest BCUT2D eigenvalue weighted by Gasteiger charge is -2.35. The summed E-state index contributed by atoms with van der Waals surface area (Å²) < 4.78 is 16.5. The van der Waals surface area contributed by atoms with Gasteiger partial charge in [0.2, 0.25) is 0 Å². The zero-order chi connectivity index (χ0) is 24.8. The first-order chi connectivity index (χ1) is 16.8. The van der Waals surface area contributed by atoms with Crippen LogP contribution in [0.5, 0.6) is 5.75 Å². The summed E-state index contributed by atoms with van der Waals surface area (Å²) in [6.45, 7) is 12.7. The molecule has 1 N–H and O–H groups in total. The Morgan fingerprint density at radius 3 is 2.40 bits per heavy atom. The molecular weight excluding hydrogens is 442 g/mol. The Bertz CT molecular complexity index is 1090. The van der Waals surface area contributed by atoms with Gasteiger partial charge in [-0.1, -0.05) is 50.2 Å². The van der Waals surface area contributed by atoms with Crippen molar-refractivity contribution >= 4 is 5.91 Å². The van der Waals surface area contributed by atoms with Crippen molar-refractivity contribution < 1.29 is 18.8 Å². The van der Waals surface area contributed by atoms with Gasteiger partial charge in [0.25, 0.3) is 5.91 Å². The number of morpholine rings is 1. The number of nitrogens with one attached hydrogen (secondary N) is 1. The van der Waals surface area contributed by atoms with Crippen molar-refractivity contribution in [2.45, 2.75) is 39.2 Å². The van der Waals surface area contributed by atoms with Crippen molar-refractivity contribution in [3.8, 4) is 17.1 Å². The van der Waals surface area contributed by atoms with Crippen molar-refractivity contribution in [1.82, 2.24) is 15.4 Å². The first kappa shape index (κ1) is 24.9. The van der Waals surface area contributed by atoms with Crippen LogP contribution in [0.4, 0.5) is 0 Å². The van der Waals surface area contributed by atoms with E-state index in [4.69, 9.17) is 14.0 Å². The van der Waals surface area contributed by atoms with Crippen LogP contribution < -0.4 is 10.1 Å². The van der Waals surface area contributed by atoms with Crippen LogP contribution in [-0.4, -0.2) is 55.4 Å². The van der Waals surface area contributed by atoms with Crippen molar-refractivity contribution in [2.75, 3.05) is 39.5 Å². The van der Waals surface area contributed by atoms with E-state index < -0.39 is 0 Å². The number of ether oxygens (including phenoxy) is 2. The number of nitrogens with zero attached hydrogens (tertiary/aromatic N) is 2. The highest BCUT2D eigenvalue weighted by Gasteiger charge is 2.25. The van der Waals surface area contributed by atoms with E-state index in [-0.39, 0.29) is 23.1 Å². The molecule has 35 heavy (non-hydrogen) atoms. The quantitative estimate of drug-likeness (QED) is 0.500. The summed E-state index contributed by atoms with van der Waals surface area (Å²) in [7, 11) is 0. The molecule has 1 fully saturated rings. The number of carbonyl (C=O) groups excluding carboxylic acids is 1. The number of carbonyl (C=O) groups is 1. The summed E-state index contributed by atoms with van der Waals surface area (Å²) in [6.07, 6.45) is 0. The molecule has 0 aliphatic carbocycles. The summed E-state index contributed by atoms with van der Waals surface area (Å²) in [6, 6.07) is 18.0. The van der Waals surface area contributed by atoms with Gasteiger partial charge >= 0.3 is 0 Å². The molecule has 7 nitrogen and oxygen atoms in total. The lowest BCUT2D eigenvalue weighted by molar-refractivity contribution is 0.0162. The molecule has 1 saturated heterocycles. The number of aromatic nitrogens is 1. The minimum Gasteiger partial charge on any atom is -0.494 e. The molecule has 1 aliphatic heterocycles. The minimum absolute atomic E-state index is 0.0503. The first-order valence-electron chi connectivity index (χ1n) is 12.3. The van der Waals surface area contributed by atoms with Gasteiger partial charge in [-0.25, -0.2) is 0 Å². The number of hydrogen-bond donors (Lipinski definition) is 1. The van der Waals surface area contributed by atoms with E-state index in [2.05, 4.69) is 60.4 Å². The van der Waals surface area contributed by atoms with Crippen LogP contribution in [0.25, 0.3) is 11.3 Å². The summed E-state index contributed by atoms with van der Waals surface area (Å²) in [5.41, 5.74) is 3.66. The molecule has 1 aliphatic rings. The van der Waals surface area contributed by atoms with E-state index in [0.29, 0.717) is 32.1 Å². The van der Waals surface area contributed by atoms with Gasteiger partial charge in [0, 0.05) is 31.3 Å². The van der Waals surface area contributed by atoms with Gasteiger partial charge in [-0.3, -0.25) is 9.69 Å². The third kappa shape index (κ3) is 6.29. The lowest BCUT2D eigenvalue weighted by atomic mass is 9.86. The van der Waals surface area contributed by atoms with Crippen molar-refractivity contribution in [1.29, 1.82) is 0 Å². The molecule has 3 aromatic rings. The number of amides is 1. The van der Waals surface area contributed by atoms with E-state index in [1.54, 1.807) is 6.07 Å². The Labute approximate surface area is 207 Å². The van der Waals surface area contributed by atoms with Crippen LogP contribution in [0, 0.1) is 0 Å². The Kier molecular flexibility index (Phi) is 7.88. The zero-order valence-electron chi connectivity index (χ0n) is 21.0. The molecule has 1 atom stereocenters. The molecule has 7 heteroatoms. The van der Waals surface area contributed by atoms with Gasteiger partial charge in [0.15, 0.2) is 11.5 Å². The largest absolute Gasteiger partial charge is 0.494 e.